The second kappa shape index (κ2) is 8.74. The van der Waals surface area contributed by atoms with Crippen molar-refractivity contribution in [2.24, 2.45) is 10.8 Å². The van der Waals surface area contributed by atoms with Crippen molar-refractivity contribution in [3.05, 3.63) is 52.2 Å². The number of phenols is 1. The SMILES string of the molecule is Cc1c(C)c2c(c(C)c1O)CCC(C)(C(=O)Oc1ccc3[nH]cc(CC=NNC(=N)N)c3c1)O2. The van der Waals surface area contributed by atoms with Crippen LogP contribution in [0.2, 0.25) is 0 Å². The Morgan fingerprint density at radius 2 is 2.12 bits per heavy atom. The van der Waals surface area contributed by atoms with E-state index in [1.807, 2.05) is 39.1 Å². The molecule has 0 fully saturated rings. The van der Waals surface area contributed by atoms with E-state index in [4.69, 9.17) is 20.6 Å². The van der Waals surface area contributed by atoms with Gasteiger partial charge in [-0.15, -0.1) is 0 Å². The topological polar surface area (TPSA) is 146 Å². The summed E-state index contributed by atoms with van der Waals surface area (Å²) in [5.41, 5.74) is 11.6. The number of aromatic hydroxyl groups is 1. The first-order valence-electron chi connectivity index (χ1n) is 11.0. The van der Waals surface area contributed by atoms with E-state index in [-0.39, 0.29) is 11.7 Å². The maximum absolute atomic E-state index is 13.2. The minimum Gasteiger partial charge on any atom is -0.507 e. The maximum Gasteiger partial charge on any atom is 0.355 e. The Bertz CT molecular complexity index is 1330. The van der Waals surface area contributed by atoms with Gasteiger partial charge in [0.25, 0.3) is 0 Å². The molecule has 1 unspecified atom stereocenters. The van der Waals surface area contributed by atoms with Gasteiger partial charge in [-0.1, -0.05) is 0 Å². The molecule has 4 rings (SSSR count). The second-order valence-electron chi connectivity index (χ2n) is 8.82. The molecule has 2 heterocycles. The number of H-pyrrole nitrogens is 1. The van der Waals surface area contributed by atoms with Crippen molar-refractivity contribution in [2.75, 3.05) is 0 Å². The van der Waals surface area contributed by atoms with Gasteiger partial charge in [-0.05, 0) is 74.6 Å². The minimum absolute atomic E-state index is 0.234. The lowest BCUT2D eigenvalue weighted by Crippen LogP contribution is -2.47. The average Bonchev–Trinajstić information content (AvgIpc) is 3.21. The third-order valence-electron chi connectivity index (χ3n) is 6.49. The summed E-state index contributed by atoms with van der Waals surface area (Å²) in [6.07, 6.45) is 5.03. The first-order chi connectivity index (χ1) is 16.1. The summed E-state index contributed by atoms with van der Waals surface area (Å²) in [5, 5.41) is 22.3. The first-order valence-corrected chi connectivity index (χ1v) is 11.0. The van der Waals surface area contributed by atoms with E-state index in [1.165, 1.54) is 0 Å². The van der Waals surface area contributed by atoms with E-state index in [0.717, 1.165) is 38.7 Å². The van der Waals surface area contributed by atoms with E-state index in [9.17, 15) is 9.90 Å². The molecule has 2 aromatic carbocycles. The first kappa shape index (κ1) is 23.2. The standard InChI is InChI=1S/C25H29N5O4/c1-13-14(2)22-18(15(3)21(13)31)7-9-25(4,34-22)23(32)33-17-5-6-20-19(11-17)16(12-28-20)8-10-29-30-24(26)27/h5-6,10-12,28,31H,7-9H2,1-4H3,(H4,26,27,30). The number of hydrogen-bond acceptors (Lipinski definition) is 6. The molecule has 1 aliphatic heterocycles. The minimum atomic E-state index is -1.14. The van der Waals surface area contributed by atoms with E-state index in [2.05, 4.69) is 15.5 Å². The number of hydrogen-bond donors (Lipinski definition) is 5. The lowest BCUT2D eigenvalue weighted by Gasteiger charge is -2.35. The number of nitrogens with two attached hydrogens (primary N) is 1. The average molecular weight is 464 g/mol. The van der Waals surface area contributed by atoms with Crippen molar-refractivity contribution >= 4 is 29.0 Å². The normalized spacial score (nSPS) is 17.4. The Morgan fingerprint density at radius 1 is 1.35 bits per heavy atom. The molecule has 0 amide bonds. The maximum atomic E-state index is 13.2. The lowest BCUT2D eigenvalue weighted by atomic mass is 9.87. The Labute approximate surface area is 197 Å². The number of benzene rings is 2. The van der Waals surface area contributed by atoms with E-state index in [1.54, 1.807) is 19.2 Å². The van der Waals surface area contributed by atoms with Gasteiger partial charge in [0.05, 0.1) is 0 Å². The molecule has 34 heavy (non-hydrogen) atoms. The Kier molecular flexibility index (Phi) is 5.95. The molecule has 0 spiro atoms. The fraction of sp³-hybridized carbons (Fsp3) is 0.320. The highest BCUT2D eigenvalue weighted by atomic mass is 16.6. The van der Waals surface area contributed by atoms with Gasteiger partial charge < -0.3 is 25.3 Å². The molecule has 1 atom stereocenters. The molecule has 3 aromatic rings. The molecule has 0 bridgehead atoms. The second-order valence-corrected chi connectivity index (χ2v) is 8.82. The number of fused-ring (bicyclic) bond motifs is 2. The predicted molar refractivity (Wildman–Crippen MR) is 131 cm³/mol. The fourth-order valence-electron chi connectivity index (χ4n) is 4.26. The van der Waals surface area contributed by atoms with Crippen molar-refractivity contribution in [1.82, 2.24) is 10.4 Å². The summed E-state index contributed by atoms with van der Waals surface area (Å²) in [4.78, 5) is 16.4. The number of esters is 1. The molecule has 1 aromatic heterocycles. The summed E-state index contributed by atoms with van der Waals surface area (Å²) in [6.45, 7) is 7.35. The van der Waals surface area contributed by atoms with Crippen LogP contribution in [0, 0.1) is 26.2 Å². The Balaban J connectivity index is 1.55. The molecular weight excluding hydrogens is 434 g/mol. The number of aromatic amines is 1. The zero-order chi connectivity index (χ0) is 24.6. The van der Waals surface area contributed by atoms with Gasteiger partial charge in [-0.2, -0.15) is 5.10 Å². The zero-order valence-electron chi connectivity index (χ0n) is 19.7. The number of rotatable bonds is 5. The quantitative estimate of drug-likeness (QED) is 0.129. The fourth-order valence-corrected chi connectivity index (χ4v) is 4.26. The van der Waals surface area contributed by atoms with Gasteiger partial charge in [0.1, 0.15) is 17.2 Å². The van der Waals surface area contributed by atoms with Crippen molar-refractivity contribution in [3.8, 4) is 17.2 Å². The molecule has 9 nitrogen and oxygen atoms in total. The number of ether oxygens (including phenoxy) is 2. The monoisotopic (exact) mass is 463 g/mol. The number of carbonyl (C=O) groups is 1. The van der Waals surface area contributed by atoms with Crippen molar-refractivity contribution < 1.29 is 19.4 Å². The molecule has 178 valence electrons. The van der Waals surface area contributed by atoms with Crippen LogP contribution in [0.3, 0.4) is 0 Å². The predicted octanol–water partition coefficient (Wildman–Crippen LogP) is 3.50. The smallest absolute Gasteiger partial charge is 0.355 e. The van der Waals surface area contributed by atoms with E-state index >= 15 is 0 Å². The molecule has 0 aliphatic carbocycles. The largest absolute Gasteiger partial charge is 0.507 e. The zero-order valence-corrected chi connectivity index (χ0v) is 19.7. The summed E-state index contributed by atoms with van der Waals surface area (Å²) in [7, 11) is 0. The number of aromatic nitrogens is 1. The van der Waals surface area contributed by atoms with Crippen LogP contribution in [0.4, 0.5) is 0 Å². The molecule has 0 radical (unpaired) electrons. The highest BCUT2D eigenvalue weighted by molar-refractivity contribution is 5.89. The molecule has 6 N–H and O–H groups in total. The van der Waals surface area contributed by atoms with Crippen LogP contribution in [0.15, 0.2) is 29.5 Å². The van der Waals surface area contributed by atoms with Gasteiger partial charge >= 0.3 is 5.97 Å². The molecule has 0 saturated heterocycles. The van der Waals surface area contributed by atoms with Crippen molar-refractivity contribution in [3.63, 3.8) is 0 Å². The van der Waals surface area contributed by atoms with E-state index in [0.29, 0.717) is 30.8 Å². The summed E-state index contributed by atoms with van der Waals surface area (Å²) in [5.74, 6) is 0.652. The summed E-state index contributed by atoms with van der Waals surface area (Å²) in [6, 6.07) is 5.40. The number of nitrogens with zero attached hydrogens (tertiary/aromatic N) is 1. The van der Waals surface area contributed by atoms with E-state index < -0.39 is 11.6 Å². The highest BCUT2D eigenvalue weighted by Crippen LogP contribution is 2.43. The van der Waals surface area contributed by atoms with Gasteiger partial charge in [-0.3, -0.25) is 5.41 Å². The molecule has 9 heteroatoms. The van der Waals surface area contributed by atoms with Gasteiger partial charge in [0, 0.05) is 41.7 Å². The number of phenolic OH excluding ortho intramolecular Hbond substituents is 1. The number of hydrazone groups is 1. The molecule has 1 aliphatic rings. The van der Waals surface area contributed by atoms with Crippen LogP contribution in [-0.2, 0) is 17.6 Å². The third-order valence-corrected chi connectivity index (χ3v) is 6.49. The van der Waals surface area contributed by atoms with Crippen molar-refractivity contribution in [1.29, 1.82) is 5.41 Å². The number of nitrogens with one attached hydrogen (secondary N) is 3. The Morgan fingerprint density at radius 3 is 2.85 bits per heavy atom. The number of guanidine groups is 1. The van der Waals surface area contributed by atoms with Crippen LogP contribution in [0.25, 0.3) is 10.9 Å². The number of carbonyl (C=O) groups excluding carboxylic acids is 1. The van der Waals surface area contributed by atoms with Crippen LogP contribution >= 0.6 is 0 Å². The van der Waals surface area contributed by atoms with Crippen molar-refractivity contribution in [2.45, 2.75) is 52.6 Å². The van der Waals surface area contributed by atoms with Gasteiger partial charge in [0.2, 0.25) is 11.6 Å². The van der Waals surface area contributed by atoms with Crippen LogP contribution in [-0.4, -0.2) is 33.8 Å². The van der Waals surface area contributed by atoms with Crippen LogP contribution < -0.4 is 20.6 Å². The molecular formula is C25H29N5O4. The van der Waals surface area contributed by atoms with Gasteiger partial charge in [-0.25, -0.2) is 10.2 Å². The molecule has 0 saturated carbocycles. The van der Waals surface area contributed by atoms with Crippen LogP contribution in [0.5, 0.6) is 17.2 Å². The Hall–Kier alpha value is -4.01. The lowest BCUT2D eigenvalue weighted by molar-refractivity contribution is -0.152. The summed E-state index contributed by atoms with van der Waals surface area (Å²) < 4.78 is 12.0. The highest BCUT2D eigenvalue weighted by Gasteiger charge is 2.42. The van der Waals surface area contributed by atoms with Crippen LogP contribution in [0.1, 0.15) is 41.2 Å². The third kappa shape index (κ3) is 4.16. The summed E-state index contributed by atoms with van der Waals surface area (Å²) >= 11 is 0. The van der Waals surface area contributed by atoms with Gasteiger partial charge in [0.15, 0.2) is 0 Å².